The average Bonchev–Trinajstić information content (AvgIpc) is 2.57. The van der Waals surface area contributed by atoms with Crippen LogP contribution in [0.3, 0.4) is 0 Å². The number of nitrogens with one attached hydrogen (secondary N) is 1. The van der Waals surface area contributed by atoms with Gasteiger partial charge in [-0.15, -0.1) is 0 Å². The van der Waals surface area contributed by atoms with Crippen LogP contribution >= 0.6 is 0 Å². The highest BCUT2D eigenvalue weighted by molar-refractivity contribution is 5.98. The van der Waals surface area contributed by atoms with E-state index in [-0.39, 0.29) is 5.91 Å². The third kappa shape index (κ3) is 2.26. The van der Waals surface area contributed by atoms with Crippen molar-refractivity contribution in [1.29, 1.82) is 0 Å². The number of carbonyl (C=O) groups excluding carboxylic acids is 1. The summed E-state index contributed by atoms with van der Waals surface area (Å²) < 4.78 is 0. The van der Waals surface area contributed by atoms with Gasteiger partial charge in [0.1, 0.15) is 0 Å². The van der Waals surface area contributed by atoms with Crippen molar-refractivity contribution in [2.75, 3.05) is 19.6 Å². The summed E-state index contributed by atoms with van der Waals surface area (Å²) >= 11 is 0. The highest BCUT2D eigenvalue weighted by atomic mass is 16.1. The van der Waals surface area contributed by atoms with E-state index < -0.39 is 0 Å². The van der Waals surface area contributed by atoms with Gasteiger partial charge in [0.15, 0.2) is 0 Å². The Labute approximate surface area is 136 Å². The second-order valence-corrected chi connectivity index (χ2v) is 7.64. The molecule has 0 aromatic heterocycles. The van der Waals surface area contributed by atoms with Gasteiger partial charge in [-0.3, -0.25) is 4.79 Å². The molecule has 0 spiro atoms. The first-order valence-corrected chi connectivity index (χ1v) is 8.78. The maximum absolute atomic E-state index is 12.8. The first kappa shape index (κ1) is 13.6. The minimum Gasteiger partial charge on any atom is -0.349 e. The predicted molar refractivity (Wildman–Crippen MR) is 91.3 cm³/mol. The van der Waals surface area contributed by atoms with Crippen molar-refractivity contribution in [3.05, 3.63) is 48.0 Å². The molecule has 1 N–H and O–H groups in total. The number of hydrogen-bond acceptors (Lipinski definition) is 2. The van der Waals surface area contributed by atoms with E-state index in [1.54, 1.807) is 0 Å². The summed E-state index contributed by atoms with van der Waals surface area (Å²) in [6, 6.07) is 14.6. The van der Waals surface area contributed by atoms with Crippen molar-refractivity contribution in [1.82, 2.24) is 10.2 Å². The van der Waals surface area contributed by atoms with Gasteiger partial charge in [-0.05, 0) is 53.5 Å². The van der Waals surface area contributed by atoms with Crippen LogP contribution in [0, 0.1) is 17.8 Å². The monoisotopic (exact) mass is 306 g/mol. The predicted octanol–water partition coefficient (Wildman–Crippen LogP) is 2.91. The fraction of sp³-hybridized carbons (Fsp3) is 0.450. The van der Waals surface area contributed by atoms with Gasteiger partial charge in [0, 0.05) is 31.2 Å². The van der Waals surface area contributed by atoms with E-state index in [0.29, 0.717) is 17.9 Å². The molecule has 1 amide bonds. The molecule has 4 bridgehead atoms. The largest absolute Gasteiger partial charge is 0.349 e. The third-order valence-corrected chi connectivity index (χ3v) is 6.10. The number of fused-ring (bicyclic) bond motifs is 1. The molecule has 3 heteroatoms. The highest BCUT2D eigenvalue weighted by Crippen LogP contribution is 2.43. The van der Waals surface area contributed by atoms with E-state index >= 15 is 0 Å². The number of rotatable bonds is 2. The zero-order valence-corrected chi connectivity index (χ0v) is 13.2. The van der Waals surface area contributed by atoms with Crippen molar-refractivity contribution in [2.45, 2.75) is 18.9 Å². The Bertz CT molecular complexity index is 741. The number of benzene rings is 2. The third-order valence-electron chi connectivity index (χ3n) is 6.10. The van der Waals surface area contributed by atoms with Gasteiger partial charge in [0.25, 0.3) is 5.91 Å². The van der Waals surface area contributed by atoms with Gasteiger partial charge in [0.05, 0.1) is 0 Å². The van der Waals surface area contributed by atoms with Crippen molar-refractivity contribution < 1.29 is 4.79 Å². The van der Waals surface area contributed by atoms with Gasteiger partial charge in [0.2, 0.25) is 0 Å². The number of nitrogens with zero attached hydrogens (tertiary/aromatic N) is 1. The second kappa shape index (κ2) is 5.07. The van der Waals surface area contributed by atoms with E-state index in [0.717, 1.165) is 16.9 Å². The van der Waals surface area contributed by atoms with Gasteiger partial charge in [-0.1, -0.05) is 30.3 Å². The van der Waals surface area contributed by atoms with Crippen molar-refractivity contribution in [3.8, 4) is 0 Å². The minimum atomic E-state index is 0.100. The lowest BCUT2D eigenvalue weighted by atomic mass is 9.65. The van der Waals surface area contributed by atoms with Crippen LogP contribution < -0.4 is 5.32 Å². The van der Waals surface area contributed by atoms with E-state index in [9.17, 15) is 4.79 Å². The Kier molecular flexibility index (Phi) is 2.99. The van der Waals surface area contributed by atoms with Crippen molar-refractivity contribution in [2.24, 2.45) is 17.8 Å². The molecule has 2 unspecified atom stereocenters. The van der Waals surface area contributed by atoms with Crippen LogP contribution in [0.25, 0.3) is 10.8 Å². The molecule has 1 saturated carbocycles. The summed E-state index contributed by atoms with van der Waals surface area (Å²) in [5.41, 5.74) is 0.790. The molecule has 3 nitrogen and oxygen atoms in total. The lowest BCUT2D eigenvalue weighted by Crippen LogP contribution is -2.64. The van der Waals surface area contributed by atoms with Crippen molar-refractivity contribution >= 4 is 16.7 Å². The Morgan fingerprint density at radius 3 is 2.43 bits per heavy atom. The number of carbonyl (C=O) groups is 1. The fourth-order valence-electron chi connectivity index (χ4n) is 5.21. The lowest BCUT2D eigenvalue weighted by Gasteiger charge is -2.55. The first-order chi connectivity index (χ1) is 11.3. The molecule has 23 heavy (non-hydrogen) atoms. The average molecular weight is 306 g/mol. The topological polar surface area (TPSA) is 32.3 Å². The number of amides is 1. The molecule has 0 radical (unpaired) electrons. The van der Waals surface area contributed by atoms with Gasteiger partial charge in [-0.25, -0.2) is 0 Å². The fourth-order valence-corrected chi connectivity index (χ4v) is 5.21. The molecule has 3 heterocycles. The lowest BCUT2D eigenvalue weighted by molar-refractivity contribution is -0.0418. The van der Waals surface area contributed by atoms with Crippen molar-refractivity contribution in [3.63, 3.8) is 0 Å². The molecule has 3 saturated heterocycles. The molecule has 4 aliphatic rings. The van der Waals surface area contributed by atoms with Gasteiger partial charge >= 0.3 is 0 Å². The van der Waals surface area contributed by atoms with E-state index in [1.807, 2.05) is 30.3 Å². The van der Waals surface area contributed by atoms with Crippen LogP contribution in [-0.2, 0) is 0 Å². The van der Waals surface area contributed by atoms with E-state index in [2.05, 4.69) is 22.3 Å². The molecule has 2 aromatic rings. The van der Waals surface area contributed by atoms with Crippen LogP contribution in [-0.4, -0.2) is 36.5 Å². The Hall–Kier alpha value is -1.87. The molecular formula is C20H22N2O. The van der Waals surface area contributed by atoms with Crippen LogP contribution in [0.15, 0.2) is 42.5 Å². The van der Waals surface area contributed by atoms with Crippen LogP contribution in [0.1, 0.15) is 23.2 Å². The standard InChI is InChI=1S/C20H22N2O/c23-20(16-6-5-14-3-1-2-4-15(14)9-16)21-19-17-7-13-8-18(19)12-22(10-13)11-17/h1-6,9,13,17-19H,7-8,10-12H2,(H,21,23). The summed E-state index contributed by atoms with van der Waals surface area (Å²) in [5.74, 6) is 2.29. The van der Waals surface area contributed by atoms with Gasteiger partial charge < -0.3 is 10.2 Å². The first-order valence-electron chi connectivity index (χ1n) is 8.78. The summed E-state index contributed by atoms with van der Waals surface area (Å²) in [6.07, 6.45) is 2.60. The molecular weight excluding hydrogens is 284 g/mol. The maximum Gasteiger partial charge on any atom is 0.251 e. The number of piperidine rings is 3. The summed E-state index contributed by atoms with van der Waals surface area (Å²) in [6.45, 7) is 3.64. The van der Waals surface area contributed by atoms with E-state index in [4.69, 9.17) is 0 Å². The Balaban J connectivity index is 1.38. The van der Waals surface area contributed by atoms with Crippen LogP contribution in [0.4, 0.5) is 0 Å². The maximum atomic E-state index is 12.8. The van der Waals surface area contributed by atoms with E-state index in [1.165, 1.54) is 37.9 Å². The van der Waals surface area contributed by atoms with Gasteiger partial charge in [-0.2, -0.15) is 0 Å². The SMILES string of the molecule is O=C(NC1C2CC3CC1CN(C3)C2)c1ccc2ccccc2c1. The molecule has 2 aromatic carbocycles. The summed E-state index contributed by atoms with van der Waals surface area (Å²) in [4.78, 5) is 15.4. The molecule has 3 aliphatic heterocycles. The molecule has 6 rings (SSSR count). The summed E-state index contributed by atoms with van der Waals surface area (Å²) in [5, 5.41) is 5.70. The second-order valence-electron chi connectivity index (χ2n) is 7.64. The Morgan fingerprint density at radius 2 is 1.70 bits per heavy atom. The zero-order chi connectivity index (χ0) is 15.4. The van der Waals surface area contributed by atoms with Crippen LogP contribution in [0.5, 0.6) is 0 Å². The minimum absolute atomic E-state index is 0.100. The normalized spacial score (nSPS) is 34.7. The molecule has 2 atom stereocenters. The summed E-state index contributed by atoms with van der Waals surface area (Å²) in [7, 11) is 0. The quantitative estimate of drug-likeness (QED) is 0.925. The molecule has 118 valence electrons. The molecule has 4 fully saturated rings. The Morgan fingerprint density at radius 1 is 0.957 bits per heavy atom. The smallest absolute Gasteiger partial charge is 0.251 e. The zero-order valence-electron chi connectivity index (χ0n) is 13.2. The number of hydrogen-bond donors (Lipinski definition) is 1. The highest BCUT2D eigenvalue weighted by Gasteiger charge is 2.47. The molecule has 1 aliphatic carbocycles. The van der Waals surface area contributed by atoms with Crippen LogP contribution in [0.2, 0.25) is 0 Å².